The number of ether oxygens (including phenoxy) is 3. The minimum Gasteiger partial charge on any atom is -0.481 e. The Bertz CT molecular complexity index is 445. The quantitative estimate of drug-likeness (QED) is 0.434. The van der Waals surface area contributed by atoms with Crippen molar-refractivity contribution in [2.24, 2.45) is 0 Å². The topological polar surface area (TPSA) is 126 Å². The molecule has 1 aliphatic heterocycles. The first kappa shape index (κ1) is 20.2. The zero-order valence-electron chi connectivity index (χ0n) is 12.4. The summed E-state index contributed by atoms with van der Waals surface area (Å²) >= 11 is 5.57. The second-order valence-electron chi connectivity index (χ2n) is 4.39. The lowest BCUT2D eigenvalue weighted by Crippen LogP contribution is -2.31. The standard InChI is InChI=1S/C12H20ClNO8S/c13-10-9-11(15)14(23(10,18)19)2-4-21-6-8-22-7-5-20-3-1-12(16)17/h9,18-19H,1-8H2,(H,16,17). The molecule has 0 bridgehead atoms. The number of carboxylic acid groups (broad SMARTS) is 1. The predicted octanol–water partition coefficient (Wildman–Crippen LogP) is 1.10. The van der Waals surface area contributed by atoms with E-state index in [4.69, 9.17) is 30.9 Å². The summed E-state index contributed by atoms with van der Waals surface area (Å²) in [4.78, 5) is 21.7. The lowest BCUT2D eigenvalue weighted by Gasteiger charge is -2.36. The van der Waals surface area contributed by atoms with E-state index in [1.165, 1.54) is 0 Å². The number of carbonyl (C=O) groups is 2. The minimum atomic E-state index is -3.39. The van der Waals surface area contributed by atoms with Gasteiger partial charge in [0.25, 0.3) is 5.91 Å². The molecule has 1 heterocycles. The molecule has 0 aromatic carbocycles. The van der Waals surface area contributed by atoms with Crippen LogP contribution in [0.2, 0.25) is 0 Å². The highest BCUT2D eigenvalue weighted by molar-refractivity contribution is 8.27. The van der Waals surface area contributed by atoms with Crippen LogP contribution in [0, 0.1) is 0 Å². The molecule has 11 heteroatoms. The molecule has 0 aromatic heterocycles. The fourth-order valence-corrected chi connectivity index (χ4v) is 3.01. The van der Waals surface area contributed by atoms with Crippen LogP contribution < -0.4 is 0 Å². The number of amides is 1. The summed E-state index contributed by atoms with van der Waals surface area (Å²) in [7, 11) is -3.39. The van der Waals surface area contributed by atoms with E-state index in [1.54, 1.807) is 0 Å². The van der Waals surface area contributed by atoms with Crippen molar-refractivity contribution in [3.05, 3.63) is 10.4 Å². The zero-order valence-corrected chi connectivity index (χ0v) is 13.9. The monoisotopic (exact) mass is 373 g/mol. The minimum absolute atomic E-state index is 0.00614. The number of aliphatic carboxylic acids is 1. The summed E-state index contributed by atoms with van der Waals surface area (Å²) in [5.41, 5.74) is 0. The smallest absolute Gasteiger partial charge is 0.305 e. The Hall–Kier alpha value is -0.880. The second kappa shape index (κ2) is 10.1. The van der Waals surface area contributed by atoms with Gasteiger partial charge in [-0.15, -0.1) is 0 Å². The van der Waals surface area contributed by atoms with Gasteiger partial charge in [-0.1, -0.05) is 22.4 Å². The van der Waals surface area contributed by atoms with Gasteiger partial charge in [0.2, 0.25) is 0 Å². The molecule has 23 heavy (non-hydrogen) atoms. The maximum absolute atomic E-state index is 11.5. The van der Waals surface area contributed by atoms with Crippen molar-refractivity contribution in [2.75, 3.05) is 46.2 Å². The number of rotatable bonds is 12. The van der Waals surface area contributed by atoms with Crippen molar-refractivity contribution in [1.29, 1.82) is 0 Å². The molecule has 0 saturated heterocycles. The summed E-state index contributed by atoms with van der Waals surface area (Å²) in [5.74, 6) is -1.47. The third kappa shape index (κ3) is 7.04. The van der Waals surface area contributed by atoms with Crippen molar-refractivity contribution in [2.45, 2.75) is 6.42 Å². The zero-order chi connectivity index (χ0) is 17.3. The fraction of sp³-hybridized carbons (Fsp3) is 0.667. The Morgan fingerprint density at radius 2 is 1.61 bits per heavy atom. The fourth-order valence-electron chi connectivity index (χ4n) is 1.57. The van der Waals surface area contributed by atoms with Crippen molar-refractivity contribution < 1.29 is 38.0 Å². The molecule has 0 aliphatic carbocycles. The lowest BCUT2D eigenvalue weighted by atomic mass is 10.5. The number of hydrogen-bond donors (Lipinski definition) is 3. The van der Waals surface area contributed by atoms with E-state index in [1.807, 2.05) is 0 Å². The average Bonchev–Trinajstić information content (AvgIpc) is 2.65. The number of carboxylic acids is 1. The highest BCUT2D eigenvalue weighted by Crippen LogP contribution is 2.56. The molecule has 0 aromatic rings. The van der Waals surface area contributed by atoms with Crippen LogP contribution in [0.5, 0.6) is 0 Å². The first-order valence-corrected chi connectivity index (χ1v) is 8.66. The highest BCUT2D eigenvalue weighted by atomic mass is 35.5. The van der Waals surface area contributed by atoms with Crippen LogP contribution in [0.15, 0.2) is 10.4 Å². The molecule has 0 atom stereocenters. The van der Waals surface area contributed by atoms with Crippen LogP contribution >= 0.6 is 22.4 Å². The van der Waals surface area contributed by atoms with Crippen LogP contribution in [0.4, 0.5) is 0 Å². The van der Waals surface area contributed by atoms with Crippen LogP contribution in [-0.4, -0.2) is 76.6 Å². The molecule has 0 fully saturated rings. The molecule has 1 aliphatic rings. The number of hydrogen-bond acceptors (Lipinski definition) is 7. The molecule has 1 amide bonds. The summed E-state index contributed by atoms with van der Waals surface area (Å²) in [6.07, 6.45) is 0.931. The summed E-state index contributed by atoms with van der Waals surface area (Å²) in [6.45, 7) is 1.42. The van der Waals surface area contributed by atoms with Crippen LogP contribution in [0.3, 0.4) is 0 Å². The third-order valence-corrected chi connectivity index (χ3v) is 5.04. The van der Waals surface area contributed by atoms with Crippen molar-refractivity contribution in [1.82, 2.24) is 4.31 Å². The van der Waals surface area contributed by atoms with E-state index in [0.29, 0.717) is 19.8 Å². The van der Waals surface area contributed by atoms with Gasteiger partial charge in [0.05, 0.1) is 52.6 Å². The van der Waals surface area contributed by atoms with Crippen molar-refractivity contribution in [3.8, 4) is 0 Å². The van der Waals surface area contributed by atoms with E-state index in [2.05, 4.69) is 0 Å². The first-order chi connectivity index (χ1) is 10.9. The van der Waals surface area contributed by atoms with Gasteiger partial charge in [0.1, 0.15) is 0 Å². The van der Waals surface area contributed by atoms with Gasteiger partial charge < -0.3 is 19.3 Å². The summed E-state index contributed by atoms with van der Waals surface area (Å²) in [6, 6.07) is 0. The molecular formula is C12H20ClNO8S. The van der Waals surface area contributed by atoms with Gasteiger partial charge >= 0.3 is 5.97 Å². The van der Waals surface area contributed by atoms with E-state index in [0.717, 1.165) is 10.4 Å². The van der Waals surface area contributed by atoms with E-state index in [9.17, 15) is 18.7 Å². The highest BCUT2D eigenvalue weighted by Gasteiger charge is 2.36. The predicted molar refractivity (Wildman–Crippen MR) is 83.2 cm³/mol. The van der Waals surface area contributed by atoms with Crippen LogP contribution in [0.25, 0.3) is 0 Å². The van der Waals surface area contributed by atoms with E-state index >= 15 is 0 Å². The van der Waals surface area contributed by atoms with E-state index < -0.39 is 22.7 Å². The molecular weight excluding hydrogens is 354 g/mol. The molecule has 0 saturated carbocycles. The lowest BCUT2D eigenvalue weighted by molar-refractivity contribution is -0.138. The van der Waals surface area contributed by atoms with Gasteiger partial charge in [-0.2, -0.15) is 0 Å². The SMILES string of the molecule is O=C(O)CCOCCOCCOCCN1C(=O)C=C(Cl)S1(O)O. The van der Waals surface area contributed by atoms with Crippen molar-refractivity contribution >= 4 is 34.3 Å². The molecule has 9 nitrogen and oxygen atoms in total. The molecule has 0 radical (unpaired) electrons. The van der Waals surface area contributed by atoms with Gasteiger partial charge in [-0.05, 0) is 0 Å². The van der Waals surface area contributed by atoms with Crippen LogP contribution in [-0.2, 0) is 23.8 Å². The molecule has 0 spiro atoms. The Labute approximate surface area is 140 Å². The first-order valence-electron chi connectivity index (χ1n) is 6.78. The normalized spacial score (nSPS) is 18.1. The Kier molecular flexibility index (Phi) is 8.84. The Morgan fingerprint density at radius 1 is 1.09 bits per heavy atom. The second-order valence-corrected chi connectivity index (χ2v) is 6.94. The Morgan fingerprint density at radius 3 is 2.09 bits per heavy atom. The van der Waals surface area contributed by atoms with Gasteiger partial charge in [0.15, 0.2) is 4.36 Å². The summed E-state index contributed by atoms with van der Waals surface area (Å²) < 4.78 is 35.4. The Balaban J connectivity index is 1.96. The van der Waals surface area contributed by atoms with E-state index in [-0.39, 0.29) is 37.2 Å². The largest absolute Gasteiger partial charge is 0.481 e. The van der Waals surface area contributed by atoms with Gasteiger partial charge in [0, 0.05) is 6.08 Å². The molecule has 0 unspecified atom stereocenters. The molecule has 3 N–H and O–H groups in total. The van der Waals surface area contributed by atoms with Crippen LogP contribution in [0.1, 0.15) is 6.42 Å². The van der Waals surface area contributed by atoms with Crippen molar-refractivity contribution in [3.63, 3.8) is 0 Å². The molecule has 134 valence electrons. The van der Waals surface area contributed by atoms with Gasteiger partial charge in [-0.25, -0.2) is 4.31 Å². The van der Waals surface area contributed by atoms with Gasteiger partial charge in [-0.3, -0.25) is 18.7 Å². The number of halogens is 1. The summed E-state index contributed by atoms with van der Waals surface area (Å²) in [5, 5.41) is 8.39. The number of nitrogens with zero attached hydrogens (tertiary/aromatic N) is 1. The molecule has 1 rings (SSSR count). The maximum Gasteiger partial charge on any atom is 0.305 e. The number of carbonyl (C=O) groups excluding carboxylic acids is 1. The third-order valence-electron chi connectivity index (χ3n) is 2.69. The average molecular weight is 374 g/mol. The maximum atomic E-state index is 11.5.